The molecule has 0 rings (SSSR count). The van der Waals surface area contributed by atoms with Gasteiger partial charge >= 0.3 is 0 Å². The third kappa shape index (κ3) is 9.29. The van der Waals surface area contributed by atoms with Gasteiger partial charge in [-0.15, -0.1) is 11.8 Å². The highest BCUT2D eigenvalue weighted by Crippen LogP contribution is 1.91. The zero-order chi connectivity index (χ0) is 8.69. The van der Waals surface area contributed by atoms with Gasteiger partial charge in [0.05, 0.1) is 11.8 Å². The van der Waals surface area contributed by atoms with Crippen LogP contribution >= 0.6 is 11.8 Å². The van der Waals surface area contributed by atoms with Crippen molar-refractivity contribution in [3.8, 4) is 0 Å². The lowest BCUT2D eigenvalue weighted by molar-refractivity contribution is -0.119. The van der Waals surface area contributed by atoms with Crippen LogP contribution in [-0.4, -0.2) is 23.6 Å². The number of amides is 2. The van der Waals surface area contributed by atoms with Crippen LogP contribution in [-0.2, 0) is 9.59 Å². The first-order valence-electron chi connectivity index (χ1n) is 3.19. The average Bonchev–Trinajstić information content (AvgIpc) is 1.85. The number of hydrogen-bond acceptors (Lipinski definition) is 3. The van der Waals surface area contributed by atoms with Crippen LogP contribution in [0.25, 0.3) is 0 Å². The van der Waals surface area contributed by atoms with E-state index in [0.717, 1.165) is 0 Å². The van der Waals surface area contributed by atoms with E-state index >= 15 is 0 Å². The average molecular weight is 176 g/mol. The highest BCUT2D eigenvalue weighted by atomic mass is 32.2. The minimum absolute atomic E-state index is 0.0553. The van der Waals surface area contributed by atoms with E-state index in [-0.39, 0.29) is 11.8 Å². The summed E-state index contributed by atoms with van der Waals surface area (Å²) >= 11 is 1.45. The molecule has 0 saturated carbocycles. The van der Waals surface area contributed by atoms with E-state index in [4.69, 9.17) is 0 Å². The summed E-state index contributed by atoms with van der Waals surface area (Å²) in [7, 11) is 0. The first-order valence-corrected chi connectivity index (χ1v) is 4.35. The van der Waals surface area contributed by atoms with Gasteiger partial charge in [0.2, 0.25) is 11.8 Å². The van der Waals surface area contributed by atoms with E-state index in [1.165, 1.54) is 25.6 Å². The van der Waals surface area contributed by atoms with Gasteiger partial charge in [0.1, 0.15) is 0 Å². The van der Waals surface area contributed by atoms with Gasteiger partial charge in [-0.25, -0.2) is 0 Å². The minimum Gasteiger partial charge on any atom is -0.347 e. The molecule has 0 aliphatic heterocycles. The molecule has 0 saturated heterocycles. The largest absolute Gasteiger partial charge is 0.347 e. The van der Waals surface area contributed by atoms with Gasteiger partial charge in [0.25, 0.3) is 0 Å². The summed E-state index contributed by atoms with van der Waals surface area (Å²) in [6, 6.07) is 0. The highest BCUT2D eigenvalue weighted by molar-refractivity contribution is 7.99. The van der Waals surface area contributed by atoms with Crippen molar-refractivity contribution < 1.29 is 9.59 Å². The second-order valence-corrected chi connectivity index (χ2v) is 2.94. The fourth-order valence-corrected chi connectivity index (χ4v) is 1.07. The Morgan fingerprint density at radius 3 is 1.73 bits per heavy atom. The highest BCUT2D eigenvalue weighted by Gasteiger charge is 1.91. The fourth-order valence-electron chi connectivity index (χ4n) is 0.356. The first kappa shape index (κ1) is 10.3. The Bertz CT molecular complexity index is 134. The molecule has 0 aliphatic carbocycles. The molecule has 0 aromatic rings. The SMILES string of the molecule is CC(=O)NCSCNC(C)=O. The molecule has 0 atom stereocenters. The van der Waals surface area contributed by atoms with Crippen molar-refractivity contribution in [2.45, 2.75) is 13.8 Å². The van der Waals surface area contributed by atoms with Crippen molar-refractivity contribution in [3.05, 3.63) is 0 Å². The molecule has 0 radical (unpaired) electrons. The Balaban J connectivity index is 3.03. The van der Waals surface area contributed by atoms with E-state index in [9.17, 15) is 9.59 Å². The Kier molecular flexibility index (Phi) is 5.64. The summed E-state index contributed by atoms with van der Waals surface area (Å²) in [5.41, 5.74) is 0. The molecule has 0 fully saturated rings. The maximum absolute atomic E-state index is 10.3. The zero-order valence-corrected chi connectivity index (χ0v) is 7.46. The van der Waals surface area contributed by atoms with Crippen molar-refractivity contribution in [2.24, 2.45) is 0 Å². The zero-order valence-electron chi connectivity index (χ0n) is 6.64. The molecular formula is C6H12N2O2S. The summed E-state index contributed by atoms with van der Waals surface area (Å²) in [5.74, 6) is 0.964. The second kappa shape index (κ2) is 6.03. The Morgan fingerprint density at radius 1 is 1.09 bits per heavy atom. The first-order chi connectivity index (χ1) is 5.13. The molecule has 0 aromatic carbocycles. The van der Waals surface area contributed by atoms with Crippen LogP contribution in [0.15, 0.2) is 0 Å². The van der Waals surface area contributed by atoms with Crippen molar-refractivity contribution in [2.75, 3.05) is 11.8 Å². The van der Waals surface area contributed by atoms with Crippen LogP contribution in [0, 0.1) is 0 Å². The summed E-state index contributed by atoms with van der Waals surface area (Å²) in [6.45, 7) is 2.91. The van der Waals surface area contributed by atoms with E-state index < -0.39 is 0 Å². The minimum atomic E-state index is -0.0553. The molecule has 0 aliphatic rings. The molecule has 11 heavy (non-hydrogen) atoms. The molecule has 0 bridgehead atoms. The summed E-state index contributed by atoms with van der Waals surface area (Å²) in [4.78, 5) is 20.7. The molecule has 0 unspecified atom stereocenters. The Morgan fingerprint density at radius 2 is 1.45 bits per heavy atom. The number of nitrogens with one attached hydrogen (secondary N) is 2. The van der Waals surface area contributed by atoms with Gasteiger partial charge in [0, 0.05) is 13.8 Å². The maximum atomic E-state index is 10.3. The smallest absolute Gasteiger partial charge is 0.217 e. The van der Waals surface area contributed by atoms with Crippen LogP contribution in [0.4, 0.5) is 0 Å². The van der Waals surface area contributed by atoms with Gasteiger partial charge < -0.3 is 10.6 Å². The molecular weight excluding hydrogens is 164 g/mol. The number of thioether (sulfide) groups is 1. The van der Waals surface area contributed by atoms with Crippen LogP contribution in [0.1, 0.15) is 13.8 Å². The predicted octanol–water partition coefficient (Wildman–Crippen LogP) is -0.0932. The molecule has 2 amide bonds. The van der Waals surface area contributed by atoms with E-state index in [1.54, 1.807) is 0 Å². The summed E-state index contributed by atoms with van der Waals surface area (Å²) in [6.07, 6.45) is 0. The molecule has 0 aromatic heterocycles. The van der Waals surface area contributed by atoms with E-state index in [1.807, 2.05) is 0 Å². The lowest BCUT2D eigenvalue weighted by Crippen LogP contribution is -2.23. The van der Waals surface area contributed by atoms with Gasteiger partial charge in [-0.3, -0.25) is 9.59 Å². The molecule has 2 N–H and O–H groups in total. The third-order valence-electron chi connectivity index (χ3n) is 0.846. The molecule has 4 nitrogen and oxygen atoms in total. The lowest BCUT2D eigenvalue weighted by Gasteiger charge is -2.01. The van der Waals surface area contributed by atoms with Crippen molar-refractivity contribution in [1.29, 1.82) is 0 Å². The fraction of sp³-hybridized carbons (Fsp3) is 0.667. The van der Waals surface area contributed by atoms with Crippen molar-refractivity contribution in [3.63, 3.8) is 0 Å². The third-order valence-corrected chi connectivity index (χ3v) is 1.54. The predicted molar refractivity (Wildman–Crippen MR) is 45.0 cm³/mol. The quantitative estimate of drug-likeness (QED) is 0.465. The summed E-state index contributed by atoms with van der Waals surface area (Å²) in [5, 5.41) is 5.18. The van der Waals surface area contributed by atoms with Gasteiger partial charge in [0.15, 0.2) is 0 Å². The van der Waals surface area contributed by atoms with Crippen LogP contribution in [0.2, 0.25) is 0 Å². The number of carbonyl (C=O) groups excluding carboxylic acids is 2. The normalized spacial score (nSPS) is 8.91. The molecule has 0 heterocycles. The number of rotatable bonds is 4. The molecule has 0 spiro atoms. The number of hydrogen-bond donors (Lipinski definition) is 2. The topological polar surface area (TPSA) is 58.2 Å². The maximum Gasteiger partial charge on any atom is 0.217 e. The monoisotopic (exact) mass is 176 g/mol. The van der Waals surface area contributed by atoms with Crippen molar-refractivity contribution in [1.82, 2.24) is 10.6 Å². The second-order valence-electron chi connectivity index (χ2n) is 1.96. The summed E-state index contributed by atoms with van der Waals surface area (Å²) < 4.78 is 0. The van der Waals surface area contributed by atoms with E-state index in [0.29, 0.717) is 11.8 Å². The van der Waals surface area contributed by atoms with E-state index in [2.05, 4.69) is 10.6 Å². The van der Waals surface area contributed by atoms with Gasteiger partial charge in [-0.05, 0) is 0 Å². The molecule has 64 valence electrons. The van der Waals surface area contributed by atoms with Gasteiger partial charge in [-0.2, -0.15) is 0 Å². The molecule has 5 heteroatoms. The standard InChI is InChI=1S/C6H12N2O2S/c1-5(9)7-3-11-4-8-6(2)10/h3-4H2,1-2H3,(H,7,9)(H,8,10). The van der Waals surface area contributed by atoms with Crippen LogP contribution < -0.4 is 10.6 Å². The lowest BCUT2D eigenvalue weighted by atomic mass is 10.7. The van der Waals surface area contributed by atoms with Crippen LogP contribution in [0.5, 0.6) is 0 Å². The number of carbonyl (C=O) groups is 2. The van der Waals surface area contributed by atoms with Crippen LogP contribution in [0.3, 0.4) is 0 Å². The van der Waals surface area contributed by atoms with Gasteiger partial charge in [-0.1, -0.05) is 0 Å². The Labute approximate surface area is 70.1 Å². The Hall–Kier alpha value is -0.710. The van der Waals surface area contributed by atoms with Crippen molar-refractivity contribution >= 4 is 23.6 Å².